The van der Waals surface area contributed by atoms with Gasteiger partial charge in [-0.2, -0.15) is 0 Å². The molecule has 1 aliphatic carbocycles. The maximum atomic E-state index is 11.9. The highest BCUT2D eigenvalue weighted by Gasteiger charge is 2.37. The highest BCUT2D eigenvalue weighted by molar-refractivity contribution is 5.82. The Morgan fingerprint density at radius 2 is 1.76 bits per heavy atom. The first-order chi connectivity index (χ1) is 8.15. The number of carbonyl (C=O) groups excluding carboxylic acids is 1. The van der Waals surface area contributed by atoms with Gasteiger partial charge in [0.15, 0.2) is 0 Å². The Balaban J connectivity index is 1.77. The summed E-state index contributed by atoms with van der Waals surface area (Å²) in [5, 5.41) is 0. The van der Waals surface area contributed by atoms with Crippen LogP contribution >= 0.6 is 0 Å². The Labute approximate surface area is 106 Å². The summed E-state index contributed by atoms with van der Waals surface area (Å²) in [6.45, 7) is 7.17. The van der Waals surface area contributed by atoms with Gasteiger partial charge in [0.2, 0.25) is 0 Å². The smallest absolute Gasteiger partial charge is 0.149 e. The average Bonchev–Trinajstić information content (AvgIpc) is 2.80. The van der Waals surface area contributed by atoms with Gasteiger partial charge in [-0.15, -0.1) is 0 Å². The monoisotopic (exact) mass is 237 g/mol. The SMILES string of the molecule is CCC(C)C(=O)CN1CCC2(CCCC2)CC1. The van der Waals surface area contributed by atoms with Crippen molar-refractivity contribution in [1.29, 1.82) is 0 Å². The van der Waals surface area contributed by atoms with Gasteiger partial charge in [0.25, 0.3) is 0 Å². The predicted molar refractivity (Wildman–Crippen MR) is 71.0 cm³/mol. The zero-order valence-corrected chi connectivity index (χ0v) is 11.5. The molecule has 0 aromatic rings. The van der Waals surface area contributed by atoms with Crippen LogP contribution in [0.5, 0.6) is 0 Å². The van der Waals surface area contributed by atoms with E-state index in [0.29, 0.717) is 17.7 Å². The molecule has 2 rings (SSSR count). The van der Waals surface area contributed by atoms with Crippen LogP contribution in [0.2, 0.25) is 0 Å². The summed E-state index contributed by atoms with van der Waals surface area (Å²) in [6, 6.07) is 0. The maximum Gasteiger partial charge on any atom is 0.149 e. The molecule has 1 heterocycles. The molecular formula is C15H27NO. The van der Waals surface area contributed by atoms with Gasteiger partial charge in [-0.1, -0.05) is 26.7 Å². The normalized spacial score (nSPS) is 26.2. The van der Waals surface area contributed by atoms with E-state index in [1.54, 1.807) is 0 Å². The molecule has 1 aliphatic heterocycles. The number of nitrogens with zero attached hydrogens (tertiary/aromatic N) is 1. The second-order valence-electron chi connectivity index (χ2n) is 6.26. The summed E-state index contributed by atoms with van der Waals surface area (Å²) in [4.78, 5) is 14.3. The number of hydrogen-bond donors (Lipinski definition) is 0. The van der Waals surface area contributed by atoms with Crippen LogP contribution in [0.1, 0.15) is 58.8 Å². The number of piperidine rings is 1. The van der Waals surface area contributed by atoms with Gasteiger partial charge in [-0.25, -0.2) is 0 Å². The molecule has 0 aromatic heterocycles. The van der Waals surface area contributed by atoms with E-state index in [9.17, 15) is 4.79 Å². The molecule has 17 heavy (non-hydrogen) atoms. The Morgan fingerprint density at radius 3 is 2.29 bits per heavy atom. The predicted octanol–water partition coefficient (Wildman–Crippen LogP) is 3.26. The Morgan fingerprint density at radius 1 is 1.18 bits per heavy atom. The molecule has 1 spiro atoms. The molecule has 1 unspecified atom stereocenters. The summed E-state index contributed by atoms with van der Waals surface area (Å²) >= 11 is 0. The van der Waals surface area contributed by atoms with Crippen LogP contribution in [-0.2, 0) is 4.79 Å². The largest absolute Gasteiger partial charge is 0.298 e. The van der Waals surface area contributed by atoms with Crippen molar-refractivity contribution in [3.8, 4) is 0 Å². The lowest BCUT2D eigenvalue weighted by Gasteiger charge is -2.39. The molecule has 2 nitrogen and oxygen atoms in total. The second-order valence-corrected chi connectivity index (χ2v) is 6.26. The lowest BCUT2D eigenvalue weighted by atomic mass is 9.77. The van der Waals surface area contributed by atoms with E-state index >= 15 is 0 Å². The fourth-order valence-electron chi connectivity index (χ4n) is 3.41. The van der Waals surface area contributed by atoms with E-state index in [4.69, 9.17) is 0 Å². The quantitative estimate of drug-likeness (QED) is 0.748. The van der Waals surface area contributed by atoms with E-state index < -0.39 is 0 Å². The van der Waals surface area contributed by atoms with Gasteiger partial charge < -0.3 is 0 Å². The molecule has 2 aliphatic rings. The molecule has 2 heteroatoms. The third-order valence-corrected chi connectivity index (χ3v) is 5.12. The van der Waals surface area contributed by atoms with Crippen molar-refractivity contribution in [2.45, 2.75) is 58.8 Å². The number of ketones is 1. The number of likely N-dealkylation sites (tertiary alicyclic amines) is 1. The summed E-state index contributed by atoms with van der Waals surface area (Å²) in [5.41, 5.74) is 0.677. The molecule has 0 radical (unpaired) electrons. The van der Waals surface area contributed by atoms with Crippen LogP contribution < -0.4 is 0 Å². The van der Waals surface area contributed by atoms with Gasteiger partial charge in [-0.3, -0.25) is 9.69 Å². The summed E-state index contributed by atoms with van der Waals surface area (Å²) in [7, 11) is 0. The molecule has 98 valence electrons. The third kappa shape index (κ3) is 3.09. The standard InChI is InChI=1S/C15H27NO/c1-3-13(2)14(17)12-16-10-8-15(9-11-16)6-4-5-7-15/h13H,3-12H2,1-2H3. The Hall–Kier alpha value is -0.370. The molecule has 1 saturated heterocycles. The fourth-order valence-corrected chi connectivity index (χ4v) is 3.41. The number of Topliss-reactive ketones (excluding diaryl/α,β-unsaturated/α-hetero) is 1. The van der Waals surface area contributed by atoms with Gasteiger partial charge in [0.1, 0.15) is 5.78 Å². The van der Waals surface area contributed by atoms with E-state index in [2.05, 4.69) is 18.7 Å². The van der Waals surface area contributed by atoms with Crippen LogP contribution in [0.3, 0.4) is 0 Å². The average molecular weight is 237 g/mol. The number of carbonyl (C=O) groups is 1. The summed E-state index contributed by atoms with van der Waals surface area (Å²) in [5.74, 6) is 0.687. The molecule has 1 atom stereocenters. The Kier molecular flexibility index (Phi) is 4.24. The molecule has 0 bridgehead atoms. The van der Waals surface area contributed by atoms with Crippen LogP contribution in [0.25, 0.3) is 0 Å². The zero-order chi connectivity index (χ0) is 12.3. The lowest BCUT2D eigenvalue weighted by Crippen LogP contribution is -2.42. The van der Waals surface area contributed by atoms with Gasteiger partial charge >= 0.3 is 0 Å². The van der Waals surface area contributed by atoms with Crippen molar-refractivity contribution in [2.24, 2.45) is 11.3 Å². The minimum absolute atomic E-state index is 0.248. The highest BCUT2D eigenvalue weighted by Crippen LogP contribution is 2.45. The Bertz CT molecular complexity index is 258. The first-order valence-corrected chi connectivity index (χ1v) is 7.40. The van der Waals surface area contributed by atoms with E-state index in [0.717, 1.165) is 19.5 Å². The summed E-state index contributed by atoms with van der Waals surface area (Å²) in [6.07, 6.45) is 9.41. The van der Waals surface area contributed by atoms with E-state index in [1.807, 2.05) is 0 Å². The van der Waals surface area contributed by atoms with Gasteiger partial charge in [-0.05, 0) is 50.6 Å². The molecule has 0 aromatic carbocycles. The topological polar surface area (TPSA) is 20.3 Å². The lowest BCUT2D eigenvalue weighted by molar-refractivity contribution is -0.124. The minimum atomic E-state index is 0.248. The fraction of sp³-hybridized carbons (Fsp3) is 0.933. The minimum Gasteiger partial charge on any atom is -0.298 e. The van der Waals surface area contributed by atoms with E-state index in [1.165, 1.54) is 38.5 Å². The zero-order valence-electron chi connectivity index (χ0n) is 11.5. The van der Waals surface area contributed by atoms with Crippen molar-refractivity contribution in [2.75, 3.05) is 19.6 Å². The number of rotatable bonds is 4. The third-order valence-electron chi connectivity index (χ3n) is 5.12. The molecule has 1 saturated carbocycles. The van der Waals surface area contributed by atoms with Crippen LogP contribution in [-0.4, -0.2) is 30.3 Å². The van der Waals surface area contributed by atoms with Gasteiger partial charge in [0.05, 0.1) is 6.54 Å². The number of hydrogen-bond acceptors (Lipinski definition) is 2. The highest BCUT2D eigenvalue weighted by atomic mass is 16.1. The van der Waals surface area contributed by atoms with Gasteiger partial charge in [0, 0.05) is 5.92 Å². The van der Waals surface area contributed by atoms with Crippen molar-refractivity contribution >= 4 is 5.78 Å². The van der Waals surface area contributed by atoms with Crippen molar-refractivity contribution in [3.05, 3.63) is 0 Å². The first-order valence-electron chi connectivity index (χ1n) is 7.40. The molecular weight excluding hydrogens is 210 g/mol. The maximum absolute atomic E-state index is 11.9. The molecule has 0 amide bonds. The van der Waals surface area contributed by atoms with Crippen LogP contribution in [0.4, 0.5) is 0 Å². The van der Waals surface area contributed by atoms with Crippen molar-refractivity contribution in [1.82, 2.24) is 4.90 Å². The summed E-state index contributed by atoms with van der Waals surface area (Å²) < 4.78 is 0. The second kappa shape index (κ2) is 5.51. The first kappa shape index (κ1) is 13.1. The van der Waals surface area contributed by atoms with Crippen molar-refractivity contribution in [3.63, 3.8) is 0 Å². The van der Waals surface area contributed by atoms with Crippen molar-refractivity contribution < 1.29 is 4.79 Å². The molecule has 0 N–H and O–H groups in total. The van der Waals surface area contributed by atoms with Crippen LogP contribution in [0.15, 0.2) is 0 Å². The van der Waals surface area contributed by atoms with E-state index in [-0.39, 0.29) is 5.92 Å². The molecule has 2 fully saturated rings. The van der Waals surface area contributed by atoms with Crippen LogP contribution in [0, 0.1) is 11.3 Å².